The van der Waals surface area contributed by atoms with Crippen LogP contribution in [0.25, 0.3) is 0 Å². The first-order valence-corrected chi connectivity index (χ1v) is 4.71. The lowest BCUT2D eigenvalue weighted by atomic mass is 10.1. The van der Waals surface area contributed by atoms with Crippen LogP contribution in [0.2, 0.25) is 5.02 Å². The number of alkyl halides is 2. The molecule has 4 nitrogen and oxygen atoms in total. The van der Waals surface area contributed by atoms with Crippen molar-refractivity contribution in [1.29, 1.82) is 0 Å². The Morgan fingerprint density at radius 1 is 1.56 bits per heavy atom. The summed E-state index contributed by atoms with van der Waals surface area (Å²) < 4.78 is 25.0. The summed E-state index contributed by atoms with van der Waals surface area (Å²) in [6, 6.07) is 1.01. The second-order valence-electron chi connectivity index (χ2n) is 3.03. The van der Waals surface area contributed by atoms with E-state index in [0.717, 1.165) is 6.07 Å². The van der Waals surface area contributed by atoms with Gasteiger partial charge in [-0.05, 0) is 6.07 Å². The molecule has 0 fully saturated rings. The third-order valence-electron chi connectivity index (χ3n) is 1.91. The first-order chi connectivity index (χ1) is 7.45. The van der Waals surface area contributed by atoms with Crippen molar-refractivity contribution in [2.24, 2.45) is 5.73 Å². The van der Waals surface area contributed by atoms with Crippen LogP contribution < -0.4 is 5.73 Å². The summed E-state index contributed by atoms with van der Waals surface area (Å²) in [5, 5.41) is 8.47. The Balaban J connectivity index is 3.20. The average Bonchev–Trinajstić information content (AvgIpc) is 2.19. The summed E-state index contributed by atoms with van der Waals surface area (Å²) in [4.78, 5) is 14.2. The summed E-state index contributed by atoms with van der Waals surface area (Å²) >= 11 is 5.65. The van der Waals surface area contributed by atoms with Gasteiger partial charge in [-0.1, -0.05) is 11.6 Å². The summed E-state index contributed by atoms with van der Waals surface area (Å²) in [7, 11) is 0. The smallest absolute Gasteiger partial charge is 0.309 e. The molecule has 0 saturated carbocycles. The summed E-state index contributed by atoms with van der Waals surface area (Å²) in [5.74, 6) is -1.14. The van der Waals surface area contributed by atoms with Crippen molar-refractivity contribution in [1.82, 2.24) is 4.98 Å². The number of pyridine rings is 1. The van der Waals surface area contributed by atoms with E-state index in [2.05, 4.69) is 4.98 Å². The molecule has 0 saturated heterocycles. The number of carboxylic acid groups (broad SMARTS) is 1. The Labute approximate surface area is 95.0 Å². The molecule has 1 rings (SSSR count). The molecule has 0 amide bonds. The van der Waals surface area contributed by atoms with Crippen molar-refractivity contribution in [3.8, 4) is 0 Å². The zero-order valence-corrected chi connectivity index (χ0v) is 8.84. The number of hydrogen-bond donors (Lipinski definition) is 2. The van der Waals surface area contributed by atoms with Gasteiger partial charge in [0, 0.05) is 12.1 Å². The van der Waals surface area contributed by atoms with Gasteiger partial charge in [0.05, 0.1) is 22.8 Å². The number of aliphatic carboxylic acids is 1. The standard InChI is InChI=1S/C9H9ClF2N2O2/c10-5-1-4(9(11)12)7(3-13)14-6(5)2-8(15)16/h1,9H,2-3,13H2,(H,15,16). The highest BCUT2D eigenvalue weighted by molar-refractivity contribution is 6.31. The van der Waals surface area contributed by atoms with Crippen LogP contribution in [0, 0.1) is 0 Å². The molecule has 88 valence electrons. The molecule has 0 aliphatic carbocycles. The molecule has 1 aromatic rings. The zero-order chi connectivity index (χ0) is 12.3. The van der Waals surface area contributed by atoms with Crippen molar-refractivity contribution < 1.29 is 18.7 Å². The van der Waals surface area contributed by atoms with Gasteiger partial charge in [-0.2, -0.15) is 0 Å². The van der Waals surface area contributed by atoms with Gasteiger partial charge in [0.2, 0.25) is 0 Å². The van der Waals surface area contributed by atoms with Crippen LogP contribution in [-0.2, 0) is 17.8 Å². The lowest BCUT2D eigenvalue weighted by Crippen LogP contribution is -2.10. The van der Waals surface area contributed by atoms with Crippen LogP contribution in [0.5, 0.6) is 0 Å². The van der Waals surface area contributed by atoms with Crippen LogP contribution in [0.4, 0.5) is 8.78 Å². The Hall–Kier alpha value is -1.27. The minimum atomic E-state index is -2.73. The van der Waals surface area contributed by atoms with E-state index in [1.807, 2.05) is 0 Å². The fourth-order valence-corrected chi connectivity index (χ4v) is 1.43. The lowest BCUT2D eigenvalue weighted by Gasteiger charge is -2.09. The summed E-state index contributed by atoms with van der Waals surface area (Å²) in [6.45, 7) is -0.191. The third-order valence-corrected chi connectivity index (χ3v) is 2.24. The van der Waals surface area contributed by atoms with Crippen molar-refractivity contribution in [3.63, 3.8) is 0 Å². The van der Waals surface area contributed by atoms with E-state index >= 15 is 0 Å². The number of halogens is 3. The number of rotatable bonds is 4. The number of carbonyl (C=O) groups is 1. The molecular formula is C9H9ClF2N2O2. The van der Waals surface area contributed by atoms with Crippen LogP contribution in [0.15, 0.2) is 6.07 Å². The van der Waals surface area contributed by atoms with Gasteiger partial charge in [0.15, 0.2) is 0 Å². The number of nitrogens with zero attached hydrogens (tertiary/aromatic N) is 1. The molecule has 0 radical (unpaired) electrons. The third kappa shape index (κ3) is 2.86. The van der Waals surface area contributed by atoms with Gasteiger partial charge in [0.25, 0.3) is 6.43 Å². The van der Waals surface area contributed by atoms with Crippen molar-refractivity contribution in [2.75, 3.05) is 0 Å². The van der Waals surface area contributed by atoms with Gasteiger partial charge < -0.3 is 10.8 Å². The maximum absolute atomic E-state index is 12.5. The monoisotopic (exact) mass is 250 g/mol. The molecule has 16 heavy (non-hydrogen) atoms. The lowest BCUT2D eigenvalue weighted by molar-refractivity contribution is -0.136. The minimum Gasteiger partial charge on any atom is -0.481 e. The van der Waals surface area contributed by atoms with E-state index in [4.69, 9.17) is 22.4 Å². The maximum atomic E-state index is 12.5. The van der Waals surface area contributed by atoms with E-state index in [1.165, 1.54) is 0 Å². The summed E-state index contributed by atoms with van der Waals surface area (Å²) in [6.07, 6.45) is -3.16. The normalized spacial score (nSPS) is 10.8. The second kappa shape index (κ2) is 5.18. The Kier molecular flexibility index (Phi) is 4.14. The van der Waals surface area contributed by atoms with E-state index in [-0.39, 0.29) is 28.5 Å². The Morgan fingerprint density at radius 3 is 2.62 bits per heavy atom. The highest BCUT2D eigenvalue weighted by atomic mass is 35.5. The first kappa shape index (κ1) is 12.8. The van der Waals surface area contributed by atoms with Crippen molar-refractivity contribution in [3.05, 3.63) is 28.0 Å². The topological polar surface area (TPSA) is 76.2 Å². The maximum Gasteiger partial charge on any atom is 0.309 e. The predicted molar refractivity (Wildman–Crippen MR) is 53.4 cm³/mol. The predicted octanol–water partition coefficient (Wildman–Crippen LogP) is 1.76. The molecule has 0 aliphatic heterocycles. The highest BCUT2D eigenvalue weighted by Crippen LogP contribution is 2.26. The van der Waals surface area contributed by atoms with Gasteiger partial charge in [-0.3, -0.25) is 9.78 Å². The molecule has 3 N–H and O–H groups in total. The number of carboxylic acids is 1. The van der Waals surface area contributed by atoms with Gasteiger partial charge in [0.1, 0.15) is 0 Å². The van der Waals surface area contributed by atoms with E-state index in [9.17, 15) is 13.6 Å². The number of nitrogens with two attached hydrogens (primary N) is 1. The second-order valence-corrected chi connectivity index (χ2v) is 3.44. The SMILES string of the molecule is NCc1nc(CC(=O)O)c(Cl)cc1C(F)F. The number of aromatic nitrogens is 1. The van der Waals surface area contributed by atoms with Gasteiger partial charge >= 0.3 is 5.97 Å². The number of hydrogen-bond acceptors (Lipinski definition) is 3. The van der Waals surface area contributed by atoms with Gasteiger partial charge in [-0.15, -0.1) is 0 Å². The molecule has 0 bridgehead atoms. The Morgan fingerprint density at radius 2 is 2.19 bits per heavy atom. The van der Waals surface area contributed by atoms with Gasteiger partial charge in [-0.25, -0.2) is 8.78 Å². The van der Waals surface area contributed by atoms with E-state index in [1.54, 1.807) is 0 Å². The first-order valence-electron chi connectivity index (χ1n) is 4.34. The average molecular weight is 251 g/mol. The molecule has 1 heterocycles. The fourth-order valence-electron chi connectivity index (χ4n) is 1.20. The quantitative estimate of drug-likeness (QED) is 0.854. The van der Waals surface area contributed by atoms with E-state index < -0.39 is 18.8 Å². The fraction of sp³-hybridized carbons (Fsp3) is 0.333. The van der Waals surface area contributed by atoms with Crippen molar-refractivity contribution in [2.45, 2.75) is 19.4 Å². The van der Waals surface area contributed by atoms with Crippen LogP contribution >= 0.6 is 11.6 Å². The molecule has 7 heteroatoms. The molecule has 0 spiro atoms. The minimum absolute atomic E-state index is 0.0318. The highest BCUT2D eigenvalue weighted by Gasteiger charge is 2.17. The van der Waals surface area contributed by atoms with Crippen molar-refractivity contribution >= 4 is 17.6 Å². The van der Waals surface area contributed by atoms with E-state index in [0.29, 0.717) is 0 Å². The van der Waals surface area contributed by atoms with Crippen LogP contribution in [0.3, 0.4) is 0 Å². The Bertz CT molecular complexity index is 413. The molecule has 0 aliphatic rings. The molecule has 0 atom stereocenters. The molecule has 1 aromatic heterocycles. The molecule has 0 aromatic carbocycles. The van der Waals surface area contributed by atoms with Crippen LogP contribution in [-0.4, -0.2) is 16.1 Å². The summed E-state index contributed by atoms with van der Waals surface area (Å²) in [5.41, 5.74) is 4.90. The largest absolute Gasteiger partial charge is 0.481 e. The molecular weight excluding hydrogens is 242 g/mol. The molecule has 0 unspecified atom stereocenters. The zero-order valence-electron chi connectivity index (χ0n) is 8.08. The van der Waals surface area contributed by atoms with Crippen LogP contribution in [0.1, 0.15) is 23.4 Å².